The van der Waals surface area contributed by atoms with Crippen LogP contribution in [-0.2, 0) is 0 Å². The third kappa shape index (κ3) is 2.21. The molecule has 1 N–H and O–H groups in total. The zero-order chi connectivity index (χ0) is 13.1. The van der Waals surface area contributed by atoms with E-state index in [4.69, 9.17) is 9.47 Å². The van der Waals surface area contributed by atoms with Gasteiger partial charge in [0.15, 0.2) is 11.5 Å². The van der Waals surface area contributed by atoms with E-state index in [-0.39, 0.29) is 0 Å². The Kier molecular flexibility index (Phi) is 3.89. The second-order valence-electron chi connectivity index (χ2n) is 3.95. The summed E-state index contributed by atoms with van der Waals surface area (Å²) in [5.74, 6) is 1.21. The summed E-state index contributed by atoms with van der Waals surface area (Å²) < 4.78 is 10.6. The predicted octanol–water partition coefficient (Wildman–Crippen LogP) is 3.16. The molecule has 0 radical (unpaired) electrons. The molecule has 96 valence electrons. The number of aliphatic hydroxyl groups excluding tert-OH is 1. The SMILES string of the molecule is COc1cccc(C(O)c2sccc2C)c1OC. The largest absolute Gasteiger partial charge is 0.493 e. The van der Waals surface area contributed by atoms with Crippen LogP contribution in [0.25, 0.3) is 0 Å². The lowest BCUT2D eigenvalue weighted by Crippen LogP contribution is -2.03. The molecular weight excluding hydrogens is 248 g/mol. The van der Waals surface area contributed by atoms with Crippen LogP contribution < -0.4 is 9.47 Å². The Bertz CT molecular complexity index is 534. The standard InChI is InChI=1S/C14H16O3S/c1-9-7-8-18-14(9)12(15)10-5-4-6-11(16-2)13(10)17-3/h4-8,12,15H,1-3H3. The van der Waals surface area contributed by atoms with Gasteiger partial charge in [0.2, 0.25) is 0 Å². The fraction of sp³-hybridized carbons (Fsp3) is 0.286. The summed E-state index contributed by atoms with van der Waals surface area (Å²) in [6.45, 7) is 1.99. The number of para-hydroxylation sites is 1. The van der Waals surface area contributed by atoms with E-state index in [9.17, 15) is 5.11 Å². The summed E-state index contributed by atoms with van der Waals surface area (Å²) >= 11 is 1.54. The van der Waals surface area contributed by atoms with Crippen molar-refractivity contribution in [3.05, 3.63) is 45.6 Å². The van der Waals surface area contributed by atoms with Crippen molar-refractivity contribution in [2.45, 2.75) is 13.0 Å². The lowest BCUT2D eigenvalue weighted by molar-refractivity contribution is 0.216. The average Bonchev–Trinajstić information content (AvgIpc) is 2.83. The van der Waals surface area contributed by atoms with Crippen LogP contribution in [0.4, 0.5) is 0 Å². The molecule has 0 aliphatic heterocycles. The average molecular weight is 264 g/mol. The van der Waals surface area contributed by atoms with Gasteiger partial charge in [-0.2, -0.15) is 0 Å². The molecule has 3 nitrogen and oxygen atoms in total. The fourth-order valence-electron chi connectivity index (χ4n) is 1.93. The van der Waals surface area contributed by atoms with Crippen molar-refractivity contribution in [2.24, 2.45) is 0 Å². The normalized spacial score (nSPS) is 12.2. The first-order valence-electron chi connectivity index (χ1n) is 5.62. The number of aliphatic hydroxyl groups is 1. The van der Waals surface area contributed by atoms with E-state index in [2.05, 4.69) is 0 Å². The molecule has 0 bridgehead atoms. The smallest absolute Gasteiger partial charge is 0.166 e. The molecule has 2 aromatic rings. The molecule has 0 aliphatic carbocycles. The number of rotatable bonds is 4. The summed E-state index contributed by atoms with van der Waals surface area (Å²) in [5, 5.41) is 12.4. The van der Waals surface area contributed by atoms with Gasteiger partial charge in [0, 0.05) is 10.4 Å². The number of ether oxygens (including phenoxy) is 2. The Balaban J connectivity index is 2.48. The van der Waals surface area contributed by atoms with Crippen molar-refractivity contribution in [3.63, 3.8) is 0 Å². The van der Waals surface area contributed by atoms with Gasteiger partial charge >= 0.3 is 0 Å². The van der Waals surface area contributed by atoms with Crippen LogP contribution in [0.5, 0.6) is 11.5 Å². The number of thiophene rings is 1. The Morgan fingerprint density at radius 3 is 2.50 bits per heavy atom. The van der Waals surface area contributed by atoms with Gasteiger partial charge in [-0.3, -0.25) is 0 Å². The second-order valence-corrected chi connectivity index (χ2v) is 4.90. The van der Waals surface area contributed by atoms with Gasteiger partial charge in [0.25, 0.3) is 0 Å². The van der Waals surface area contributed by atoms with E-state index in [0.29, 0.717) is 11.5 Å². The number of hydrogen-bond acceptors (Lipinski definition) is 4. The zero-order valence-electron chi connectivity index (χ0n) is 10.6. The van der Waals surface area contributed by atoms with E-state index < -0.39 is 6.10 Å². The molecule has 1 atom stereocenters. The summed E-state index contributed by atoms with van der Waals surface area (Å²) in [6, 6.07) is 7.51. The first kappa shape index (κ1) is 12.9. The van der Waals surface area contributed by atoms with Crippen LogP contribution in [0, 0.1) is 6.92 Å². The topological polar surface area (TPSA) is 38.7 Å². The van der Waals surface area contributed by atoms with Gasteiger partial charge in [0.1, 0.15) is 6.10 Å². The highest BCUT2D eigenvalue weighted by molar-refractivity contribution is 7.10. The van der Waals surface area contributed by atoms with Crippen molar-refractivity contribution < 1.29 is 14.6 Å². The molecule has 2 rings (SSSR count). The van der Waals surface area contributed by atoms with Crippen LogP contribution in [0.3, 0.4) is 0 Å². The summed E-state index contributed by atoms with van der Waals surface area (Å²) in [6.07, 6.45) is -0.685. The maximum absolute atomic E-state index is 10.5. The molecule has 1 aromatic carbocycles. The van der Waals surface area contributed by atoms with Crippen LogP contribution >= 0.6 is 11.3 Å². The van der Waals surface area contributed by atoms with E-state index in [1.165, 1.54) is 11.3 Å². The highest BCUT2D eigenvalue weighted by atomic mass is 32.1. The van der Waals surface area contributed by atoms with Gasteiger partial charge < -0.3 is 14.6 Å². The molecule has 0 saturated heterocycles. The Labute approximate surface area is 111 Å². The van der Waals surface area contributed by atoms with Crippen molar-refractivity contribution >= 4 is 11.3 Å². The molecule has 0 fully saturated rings. The Hall–Kier alpha value is -1.52. The Morgan fingerprint density at radius 2 is 1.94 bits per heavy atom. The Morgan fingerprint density at radius 1 is 1.17 bits per heavy atom. The van der Waals surface area contributed by atoms with Crippen LogP contribution in [0.15, 0.2) is 29.6 Å². The van der Waals surface area contributed by atoms with Crippen LogP contribution in [0.1, 0.15) is 22.1 Å². The van der Waals surface area contributed by atoms with Crippen molar-refractivity contribution in [3.8, 4) is 11.5 Å². The van der Waals surface area contributed by atoms with E-state index in [0.717, 1.165) is 16.0 Å². The lowest BCUT2D eigenvalue weighted by Gasteiger charge is -2.16. The van der Waals surface area contributed by atoms with Crippen LogP contribution in [0.2, 0.25) is 0 Å². The molecule has 1 aromatic heterocycles. The third-order valence-electron chi connectivity index (χ3n) is 2.88. The first-order valence-corrected chi connectivity index (χ1v) is 6.50. The van der Waals surface area contributed by atoms with Crippen molar-refractivity contribution in [1.29, 1.82) is 0 Å². The molecule has 4 heteroatoms. The molecule has 18 heavy (non-hydrogen) atoms. The number of benzene rings is 1. The van der Waals surface area contributed by atoms with Gasteiger partial charge in [-0.25, -0.2) is 0 Å². The number of methoxy groups -OCH3 is 2. The highest BCUT2D eigenvalue weighted by Gasteiger charge is 2.20. The van der Waals surface area contributed by atoms with Gasteiger partial charge in [0.05, 0.1) is 14.2 Å². The highest BCUT2D eigenvalue weighted by Crippen LogP contribution is 2.39. The zero-order valence-corrected chi connectivity index (χ0v) is 11.5. The minimum Gasteiger partial charge on any atom is -0.493 e. The second kappa shape index (κ2) is 5.42. The summed E-state index contributed by atoms with van der Waals surface area (Å²) in [5.41, 5.74) is 1.81. The monoisotopic (exact) mass is 264 g/mol. The minimum absolute atomic E-state index is 0.584. The first-order chi connectivity index (χ1) is 8.69. The molecular formula is C14H16O3S. The minimum atomic E-state index is -0.685. The van der Waals surface area contributed by atoms with Gasteiger partial charge in [-0.1, -0.05) is 12.1 Å². The molecule has 0 aliphatic rings. The van der Waals surface area contributed by atoms with E-state index in [1.807, 2.05) is 36.6 Å². The van der Waals surface area contributed by atoms with Gasteiger partial charge in [-0.15, -0.1) is 11.3 Å². The van der Waals surface area contributed by atoms with Crippen molar-refractivity contribution in [1.82, 2.24) is 0 Å². The quantitative estimate of drug-likeness (QED) is 0.922. The maximum Gasteiger partial charge on any atom is 0.166 e. The number of aryl methyl sites for hydroxylation is 1. The molecule has 0 saturated carbocycles. The third-order valence-corrected chi connectivity index (χ3v) is 3.95. The molecule has 0 spiro atoms. The van der Waals surface area contributed by atoms with Gasteiger partial charge in [-0.05, 0) is 30.0 Å². The maximum atomic E-state index is 10.5. The number of hydrogen-bond donors (Lipinski definition) is 1. The van der Waals surface area contributed by atoms with Crippen LogP contribution in [-0.4, -0.2) is 19.3 Å². The fourth-order valence-corrected chi connectivity index (χ4v) is 2.86. The van der Waals surface area contributed by atoms with E-state index in [1.54, 1.807) is 14.2 Å². The van der Waals surface area contributed by atoms with E-state index >= 15 is 0 Å². The summed E-state index contributed by atoms with van der Waals surface area (Å²) in [4.78, 5) is 0.932. The van der Waals surface area contributed by atoms with Crippen molar-refractivity contribution in [2.75, 3.05) is 14.2 Å². The molecule has 1 unspecified atom stereocenters. The summed E-state index contributed by atoms with van der Waals surface area (Å²) in [7, 11) is 3.17. The molecule has 0 amide bonds. The predicted molar refractivity (Wildman–Crippen MR) is 72.7 cm³/mol. The molecule has 1 heterocycles. The lowest BCUT2D eigenvalue weighted by atomic mass is 10.0.